The summed E-state index contributed by atoms with van der Waals surface area (Å²) in [6, 6.07) is 5.37. The number of nitriles is 1. The fourth-order valence-corrected chi connectivity index (χ4v) is 0.847. The van der Waals surface area contributed by atoms with E-state index in [1.807, 2.05) is 6.07 Å². The van der Waals surface area contributed by atoms with Crippen molar-refractivity contribution in [3.05, 3.63) is 23.9 Å². The fourth-order valence-electron chi connectivity index (χ4n) is 0.637. The molecule has 0 atom stereocenters. The Labute approximate surface area is 72.6 Å². The third-order valence-electron chi connectivity index (χ3n) is 1.08. The predicted molar refractivity (Wildman–Crippen MR) is 42.9 cm³/mol. The summed E-state index contributed by atoms with van der Waals surface area (Å²) in [4.78, 5) is 7.76. The van der Waals surface area contributed by atoms with Crippen molar-refractivity contribution in [2.24, 2.45) is 4.99 Å². The predicted octanol–water partition coefficient (Wildman–Crippen LogP) is 0.782. The van der Waals surface area contributed by atoms with Crippen molar-refractivity contribution in [1.29, 1.82) is 5.26 Å². The van der Waals surface area contributed by atoms with E-state index >= 15 is 0 Å². The Morgan fingerprint density at radius 2 is 2.55 bits per heavy atom. The first-order chi connectivity index (χ1) is 5.38. The molecule has 1 radical (unpaired) electrons. The minimum absolute atomic E-state index is 0.453. The summed E-state index contributed by atoms with van der Waals surface area (Å²) in [5.41, 5.74) is 0.485. The molecule has 0 aliphatic carbocycles. The van der Waals surface area contributed by atoms with Crippen LogP contribution in [-0.2, 0) is 0 Å². The molecule has 4 heteroatoms. The van der Waals surface area contributed by atoms with Gasteiger partial charge in [-0.25, -0.2) is 0 Å². The van der Waals surface area contributed by atoms with Gasteiger partial charge in [-0.2, -0.15) is 0 Å². The Kier molecular flexibility index (Phi) is 2.79. The average Bonchev–Trinajstić information content (AvgIpc) is 2.06. The molecule has 0 fully saturated rings. The first-order valence-corrected chi connectivity index (χ1v) is 3.87. The van der Waals surface area contributed by atoms with Gasteiger partial charge in [-0.15, -0.1) is 0 Å². The maximum atomic E-state index is 8.57. The van der Waals surface area contributed by atoms with Crippen LogP contribution in [-0.4, -0.2) is 26.1 Å². The molecule has 11 heavy (non-hydrogen) atoms. The van der Waals surface area contributed by atoms with E-state index < -0.39 is 0 Å². The average molecular weight is 209 g/mol. The molecule has 1 rings (SSSR count). The Balaban J connectivity index is 3.15. The van der Waals surface area contributed by atoms with Crippen molar-refractivity contribution in [3.63, 3.8) is 0 Å². The molecule has 0 spiro atoms. The van der Waals surface area contributed by atoms with Gasteiger partial charge < -0.3 is 0 Å². The SMILES string of the molecule is N#Cc1cccnc1/N=C\[Se]. The van der Waals surface area contributed by atoms with Crippen molar-refractivity contribution < 1.29 is 0 Å². The van der Waals surface area contributed by atoms with Crippen LogP contribution in [0.15, 0.2) is 23.3 Å². The zero-order valence-corrected chi connectivity index (χ0v) is 7.27. The summed E-state index contributed by atoms with van der Waals surface area (Å²) in [5, 5.41) is 10.1. The van der Waals surface area contributed by atoms with Gasteiger partial charge in [0.05, 0.1) is 0 Å². The van der Waals surface area contributed by atoms with Gasteiger partial charge in [-0.05, 0) is 0 Å². The van der Waals surface area contributed by atoms with Gasteiger partial charge in [0, 0.05) is 0 Å². The molecule has 0 aliphatic heterocycles. The van der Waals surface area contributed by atoms with E-state index in [2.05, 4.69) is 26.0 Å². The standard InChI is InChI=1S/C7H4N3Se/c8-4-6-2-1-3-9-7(6)10-5-11/h1-3,5H/b10-5-. The Bertz CT molecular complexity index is 314. The second kappa shape index (κ2) is 3.87. The molecule has 0 saturated heterocycles. The molecule has 1 aromatic rings. The number of nitrogens with zero attached hydrogens (tertiary/aromatic N) is 3. The molecule has 0 aromatic carbocycles. The summed E-state index contributed by atoms with van der Waals surface area (Å²) in [6.45, 7) is 0. The van der Waals surface area contributed by atoms with E-state index in [9.17, 15) is 0 Å². The monoisotopic (exact) mass is 210 g/mol. The molecule has 0 N–H and O–H groups in total. The number of pyridine rings is 1. The summed E-state index contributed by atoms with van der Waals surface area (Å²) in [5.74, 6) is 0.453. The van der Waals surface area contributed by atoms with E-state index in [1.165, 1.54) is 5.11 Å². The molecule has 0 bridgehead atoms. The van der Waals surface area contributed by atoms with Crippen LogP contribution in [0.3, 0.4) is 0 Å². The van der Waals surface area contributed by atoms with Crippen LogP contribution < -0.4 is 0 Å². The molecule has 53 valence electrons. The van der Waals surface area contributed by atoms with Crippen molar-refractivity contribution in [2.45, 2.75) is 0 Å². The minimum atomic E-state index is 0.453. The van der Waals surface area contributed by atoms with Crippen LogP contribution in [0.4, 0.5) is 5.82 Å². The van der Waals surface area contributed by atoms with Gasteiger partial charge in [-0.1, -0.05) is 0 Å². The van der Waals surface area contributed by atoms with E-state index in [0.717, 1.165) is 0 Å². The molecule has 1 heterocycles. The zero-order valence-electron chi connectivity index (χ0n) is 5.56. The normalized spacial score (nSPS) is 9.73. The van der Waals surface area contributed by atoms with Crippen LogP contribution >= 0.6 is 0 Å². The molecule has 0 unspecified atom stereocenters. The van der Waals surface area contributed by atoms with Gasteiger partial charge in [0.2, 0.25) is 0 Å². The van der Waals surface area contributed by atoms with Gasteiger partial charge in [0.15, 0.2) is 0 Å². The van der Waals surface area contributed by atoms with Crippen LogP contribution in [0.5, 0.6) is 0 Å². The molecule has 0 amide bonds. The molecular weight excluding hydrogens is 205 g/mol. The van der Waals surface area contributed by atoms with Gasteiger partial charge in [0.1, 0.15) is 0 Å². The van der Waals surface area contributed by atoms with Gasteiger partial charge in [0.25, 0.3) is 0 Å². The first-order valence-electron chi connectivity index (χ1n) is 2.88. The quantitative estimate of drug-likeness (QED) is 0.507. The number of hydrogen-bond acceptors (Lipinski definition) is 3. The van der Waals surface area contributed by atoms with E-state index in [1.54, 1.807) is 18.3 Å². The summed E-state index contributed by atoms with van der Waals surface area (Å²) in [6.07, 6.45) is 1.60. The van der Waals surface area contributed by atoms with Crippen LogP contribution in [0.1, 0.15) is 5.56 Å². The topological polar surface area (TPSA) is 49.0 Å². The van der Waals surface area contributed by atoms with Gasteiger partial charge >= 0.3 is 72.1 Å². The van der Waals surface area contributed by atoms with Crippen LogP contribution in [0.2, 0.25) is 0 Å². The van der Waals surface area contributed by atoms with E-state index in [0.29, 0.717) is 11.4 Å². The second-order valence-electron chi connectivity index (χ2n) is 1.72. The number of rotatable bonds is 1. The first kappa shape index (κ1) is 7.93. The molecule has 3 nitrogen and oxygen atoms in total. The van der Waals surface area contributed by atoms with Crippen molar-refractivity contribution in [1.82, 2.24) is 4.98 Å². The second-order valence-corrected chi connectivity index (χ2v) is 2.16. The van der Waals surface area contributed by atoms with Crippen molar-refractivity contribution in [2.75, 3.05) is 0 Å². The van der Waals surface area contributed by atoms with E-state index in [4.69, 9.17) is 5.26 Å². The number of aromatic nitrogens is 1. The van der Waals surface area contributed by atoms with Crippen molar-refractivity contribution >= 4 is 26.9 Å². The third-order valence-corrected chi connectivity index (χ3v) is 1.30. The molecule has 0 saturated carbocycles. The Morgan fingerprint density at radius 1 is 1.73 bits per heavy atom. The molecule has 1 aromatic heterocycles. The van der Waals surface area contributed by atoms with E-state index in [-0.39, 0.29) is 0 Å². The van der Waals surface area contributed by atoms with Crippen LogP contribution in [0, 0.1) is 11.3 Å². The fraction of sp³-hybridized carbons (Fsp3) is 0. The van der Waals surface area contributed by atoms with Gasteiger partial charge in [-0.3, -0.25) is 0 Å². The summed E-state index contributed by atoms with van der Waals surface area (Å²) < 4.78 is 0. The number of hydrogen-bond donors (Lipinski definition) is 0. The summed E-state index contributed by atoms with van der Waals surface area (Å²) >= 11 is 2.60. The summed E-state index contributed by atoms with van der Waals surface area (Å²) in [7, 11) is 0. The Morgan fingerprint density at radius 3 is 3.18 bits per heavy atom. The van der Waals surface area contributed by atoms with Crippen LogP contribution in [0.25, 0.3) is 0 Å². The maximum absolute atomic E-state index is 8.57. The van der Waals surface area contributed by atoms with Crippen molar-refractivity contribution in [3.8, 4) is 6.07 Å². The zero-order chi connectivity index (χ0) is 8.10. The molecular formula is C7H4N3Se. The number of aliphatic imine (C=N–C) groups is 1. The Hall–Kier alpha value is -1.17. The third kappa shape index (κ3) is 1.87. The molecule has 0 aliphatic rings.